The molecule has 2 aromatic heterocycles. The van der Waals surface area contributed by atoms with Crippen molar-refractivity contribution in [3.05, 3.63) is 102 Å². The number of ether oxygens (including phenoxy) is 1. The molecule has 0 fully saturated rings. The van der Waals surface area contributed by atoms with Gasteiger partial charge in [0.05, 0.1) is 12.0 Å². The van der Waals surface area contributed by atoms with Gasteiger partial charge in [-0.2, -0.15) is 0 Å². The van der Waals surface area contributed by atoms with Crippen LogP contribution in [0.5, 0.6) is 11.5 Å². The molecule has 0 spiro atoms. The van der Waals surface area contributed by atoms with E-state index in [0.717, 1.165) is 11.4 Å². The zero-order chi connectivity index (χ0) is 24.0. The van der Waals surface area contributed by atoms with Crippen LogP contribution >= 0.6 is 23.4 Å². The van der Waals surface area contributed by atoms with Crippen molar-refractivity contribution in [2.75, 3.05) is 11.1 Å². The molecule has 0 radical (unpaired) electrons. The predicted octanol–water partition coefficient (Wildman–Crippen LogP) is 6.70. The maximum Gasteiger partial charge on any atom is 0.234 e. The SMILES string of the molecule is O=C(CSc1nnc(-c2ccco2)n1-c1ccc(Cl)cc1)Nc1ccc(Oc2ccccc2)cc1. The van der Waals surface area contributed by atoms with Crippen LogP contribution in [0.25, 0.3) is 17.3 Å². The number of halogens is 1. The number of carbonyl (C=O) groups excluding carboxylic acids is 1. The molecule has 35 heavy (non-hydrogen) atoms. The maximum atomic E-state index is 12.6. The average molecular weight is 503 g/mol. The van der Waals surface area contributed by atoms with Crippen molar-refractivity contribution >= 4 is 35.0 Å². The van der Waals surface area contributed by atoms with Gasteiger partial charge in [-0.25, -0.2) is 0 Å². The van der Waals surface area contributed by atoms with Gasteiger partial charge in [-0.1, -0.05) is 41.6 Å². The van der Waals surface area contributed by atoms with Crippen LogP contribution in [0.2, 0.25) is 5.02 Å². The molecule has 0 saturated carbocycles. The van der Waals surface area contributed by atoms with Crippen molar-refractivity contribution in [2.24, 2.45) is 0 Å². The number of amides is 1. The Morgan fingerprint density at radius 2 is 1.66 bits per heavy atom. The molecule has 0 aliphatic carbocycles. The number of rotatable bonds is 8. The molecule has 5 aromatic rings. The number of carbonyl (C=O) groups is 1. The number of hydrogen-bond donors (Lipinski definition) is 1. The first kappa shape index (κ1) is 22.8. The Hall–Kier alpha value is -4.01. The number of nitrogens with zero attached hydrogens (tertiary/aromatic N) is 3. The minimum absolute atomic E-state index is 0.145. The summed E-state index contributed by atoms with van der Waals surface area (Å²) in [6.45, 7) is 0. The Balaban J connectivity index is 1.26. The van der Waals surface area contributed by atoms with Gasteiger partial charge in [0.25, 0.3) is 0 Å². The van der Waals surface area contributed by atoms with Crippen molar-refractivity contribution in [2.45, 2.75) is 5.16 Å². The van der Waals surface area contributed by atoms with Crippen LogP contribution in [0.4, 0.5) is 5.69 Å². The lowest BCUT2D eigenvalue weighted by atomic mass is 10.3. The van der Waals surface area contributed by atoms with E-state index in [2.05, 4.69) is 15.5 Å². The molecule has 0 aliphatic heterocycles. The highest BCUT2D eigenvalue weighted by molar-refractivity contribution is 7.99. The summed E-state index contributed by atoms with van der Waals surface area (Å²) in [5, 5.41) is 12.6. The molecule has 0 unspecified atom stereocenters. The van der Waals surface area contributed by atoms with E-state index >= 15 is 0 Å². The summed E-state index contributed by atoms with van der Waals surface area (Å²) in [6, 6.07) is 27.6. The molecular formula is C26H19ClN4O3S. The summed E-state index contributed by atoms with van der Waals surface area (Å²) in [4.78, 5) is 12.6. The number of anilines is 1. The molecule has 0 saturated heterocycles. The van der Waals surface area contributed by atoms with E-state index in [1.165, 1.54) is 11.8 Å². The third-order valence-electron chi connectivity index (χ3n) is 4.91. The Morgan fingerprint density at radius 3 is 2.37 bits per heavy atom. The standard InChI is InChI=1S/C26H19ClN4O3S/c27-18-8-12-20(13-9-18)31-25(23-7-4-16-33-23)29-30-26(31)35-17-24(32)28-19-10-14-22(15-11-19)34-21-5-2-1-3-6-21/h1-16H,17H2,(H,28,32). The molecule has 1 amide bonds. The molecule has 9 heteroatoms. The molecule has 5 rings (SSSR count). The van der Waals surface area contributed by atoms with Crippen LogP contribution in [0.1, 0.15) is 0 Å². The molecule has 3 aromatic carbocycles. The molecule has 174 valence electrons. The molecule has 7 nitrogen and oxygen atoms in total. The summed E-state index contributed by atoms with van der Waals surface area (Å²) < 4.78 is 13.1. The highest BCUT2D eigenvalue weighted by Gasteiger charge is 2.19. The van der Waals surface area contributed by atoms with Crippen LogP contribution in [0.15, 0.2) is 107 Å². The Morgan fingerprint density at radius 1 is 0.914 bits per heavy atom. The number of furan rings is 1. The van der Waals surface area contributed by atoms with Crippen molar-refractivity contribution < 1.29 is 13.9 Å². The summed E-state index contributed by atoms with van der Waals surface area (Å²) in [6.07, 6.45) is 1.58. The minimum atomic E-state index is -0.170. The van der Waals surface area contributed by atoms with E-state index < -0.39 is 0 Å². The van der Waals surface area contributed by atoms with E-state index in [0.29, 0.717) is 33.2 Å². The smallest absolute Gasteiger partial charge is 0.234 e. The van der Waals surface area contributed by atoms with Gasteiger partial charge in [-0.3, -0.25) is 9.36 Å². The fourth-order valence-corrected chi connectivity index (χ4v) is 4.19. The lowest BCUT2D eigenvalue weighted by Crippen LogP contribution is -2.14. The first-order chi connectivity index (χ1) is 17.2. The Kier molecular flexibility index (Phi) is 6.83. The van der Waals surface area contributed by atoms with Gasteiger partial charge in [-0.05, 0) is 72.8 Å². The van der Waals surface area contributed by atoms with Crippen LogP contribution in [-0.4, -0.2) is 26.4 Å². The Bertz CT molecular complexity index is 1400. The molecular weight excluding hydrogens is 484 g/mol. The quantitative estimate of drug-likeness (QED) is 0.238. The van der Waals surface area contributed by atoms with Gasteiger partial charge in [-0.15, -0.1) is 10.2 Å². The Labute approximate surface area is 210 Å². The maximum absolute atomic E-state index is 12.6. The average Bonchev–Trinajstić information content (AvgIpc) is 3.55. The third kappa shape index (κ3) is 5.56. The number of hydrogen-bond acceptors (Lipinski definition) is 6. The molecule has 2 heterocycles. The number of para-hydroxylation sites is 1. The van der Waals surface area contributed by atoms with Gasteiger partial charge in [0.1, 0.15) is 11.5 Å². The van der Waals surface area contributed by atoms with Gasteiger partial charge >= 0.3 is 0 Å². The van der Waals surface area contributed by atoms with Crippen molar-refractivity contribution in [3.8, 4) is 28.8 Å². The minimum Gasteiger partial charge on any atom is -0.461 e. The van der Waals surface area contributed by atoms with Crippen molar-refractivity contribution in [1.82, 2.24) is 14.8 Å². The third-order valence-corrected chi connectivity index (χ3v) is 6.09. The lowest BCUT2D eigenvalue weighted by Gasteiger charge is -2.10. The summed E-state index contributed by atoms with van der Waals surface area (Å²) in [5.41, 5.74) is 1.48. The molecule has 1 N–H and O–H groups in total. The summed E-state index contributed by atoms with van der Waals surface area (Å²) in [7, 11) is 0. The number of nitrogens with one attached hydrogen (secondary N) is 1. The molecule has 0 atom stereocenters. The summed E-state index contributed by atoms with van der Waals surface area (Å²) in [5.74, 6) is 2.52. The van der Waals surface area contributed by atoms with Crippen LogP contribution in [0.3, 0.4) is 0 Å². The molecule has 0 bridgehead atoms. The zero-order valence-electron chi connectivity index (χ0n) is 18.3. The first-order valence-corrected chi connectivity index (χ1v) is 12.0. The van der Waals surface area contributed by atoms with Gasteiger partial charge in [0.15, 0.2) is 10.9 Å². The van der Waals surface area contributed by atoms with Gasteiger partial charge in [0.2, 0.25) is 11.7 Å². The zero-order valence-corrected chi connectivity index (χ0v) is 19.9. The normalized spacial score (nSPS) is 10.8. The predicted molar refractivity (Wildman–Crippen MR) is 136 cm³/mol. The highest BCUT2D eigenvalue weighted by Crippen LogP contribution is 2.29. The van der Waals surface area contributed by atoms with Gasteiger partial charge < -0.3 is 14.5 Å². The lowest BCUT2D eigenvalue weighted by molar-refractivity contribution is -0.113. The van der Waals surface area contributed by atoms with Crippen LogP contribution < -0.4 is 10.1 Å². The van der Waals surface area contributed by atoms with Crippen LogP contribution in [-0.2, 0) is 4.79 Å². The van der Waals surface area contributed by atoms with Crippen LogP contribution in [0, 0.1) is 0 Å². The van der Waals surface area contributed by atoms with E-state index in [9.17, 15) is 4.79 Å². The highest BCUT2D eigenvalue weighted by atomic mass is 35.5. The van der Waals surface area contributed by atoms with E-state index in [1.807, 2.05) is 65.2 Å². The number of thioether (sulfide) groups is 1. The van der Waals surface area contributed by atoms with E-state index in [1.54, 1.807) is 36.6 Å². The molecule has 0 aliphatic rings. The van der Waals surface area contributed by atoms with Crippen molar-refractivity contribution in [3.63, 3.8) is 0 Å². The van der Waals surface area contributed by atoms with Gasteiger partial charge in [0, 0.05) is 16.4 Å². The largest absolute Gasteiger partial charge is 0.461 e. The summed E-state index contributed by atoms with van der Waals surface area (Å²) >= 11 is 7.33. The van der Waals surface area contributed by atoms with Crippen molar-refractivity contribution in [1.29, 1.82) is 0 Å². The second-order valence-electron chi connectivity index (χ2n) is 7.37. The fraction of sp³-hybridized carbons (Fsp3) is 0.0385. The fourth-order valence-electron chi connectivity index (χ4n) is 3.31. The second-order valence-corrected chi connectivity index (χ2v) is 8.75. The monoisotopic (exact) mass is 502 g/mol. The topological polar surface area (TPSA) is 82.2 Å². The van der Waals surface area contributed by atoms with E-state index in [4.69, 9.17) is 20.8 Å². The number of benzene rings is 3. The van der Waals surface area contributed by atoms with E-state index in [-0.39, 0.29) is 11.7 Å². The number of aromatic nitrogens is 3. The second kappa shape index (κ2) is 10.5. The first-order valence-electron chi connectivity index (χ1n) is 10.7.